The standard InChI is InChI=1S/C18H29N3O2/c1-18-10-13-11-19(2)14(18)6-3-4-7-15(18)21(13)17(23)12-20-9-5-8-16(20)22/h13-15H,3-12H2,1-2H3/t13-,14+,15-,18+/m0/s1. The second kappa shape index (κ2) is 5.47. The molecule has 0 aromatic rings. The van der Waals surface area contributed by atoms with Crippen LogP contribution in [0.3, 0.4) is 0 Å². The number of carbonyl (C=O) groups is 2. The first-order valence-electron chi connectivity index (χ1n) is 9.30. The van der Waals surface area contributed by atoms with Gasteiger partial charge in [-0.1, -0.05) is 19.8 Å². The van der Waals surface area contributed by atoms with Crippen molar-refractivity contribution in [2.45, 2.75) is 70.0 Å². The van der Waals surface area contributed by atoms with Crippen LogP contribution >= 0.6 is 0 Å². The smallest absolute Gasteiger partial charge is 0.242 e. The topological polar surface area (TPSA) is 43.9 Å². The molecule has 2 amide bonds. The second-order valence-electron chi connectivity index (χ2n) is 8.34. The summed E-state index contributed by atoms with van der Waals surface area (Å²) in [6, 6.07) is 1.32. The van der Waals surface area contributed by atoms with Crippen molar-refractivity contribution in [1.82, 2.24) is 14.7 Å². The van der Waals surface area contributed by atoms with E-state index in [0.717, 1.165) is 32.4 Å². The number of fused-ring (bicyclic) bond motifs is 1. The molecular formula is C18H29N3O2. The molecule has 128 valence electrons. The van der Waals surface area contributed by atoms with Crippen molar-refractivity contribution in [3.63, 3.8) is 0 Å². The summed E-state index contributed by atoms with van der Waals surface area (Å²) in [5, 5.41) is 0. The maximum atomic E-state index is 13.1. The van der Waals surface area contributed by atoms with Gasteiger partial charge in [0.2, 0.25) is 11.8 Å². The lowest BCUT2D eigenvalue weighted by molar-refractivity contribution is -0.140. The molecule has 3 heterocycles. The number of carbonyl (C=O) groups excluding carboxylic acids is 2. The Morgan fingerprint density at radius 1 is 1.22 bits per heavy atom. The number of rotatable bonds is 2. The van der Waals surface area contributed by atoms with E-state index in [1.54, 1.807) is 4.90 Å². The molecule has 3 saturated heterocycles. The zero-order valence-electron chi connectivity index (χ0n) is 14.5. The molecule has 5 heteroatoms. The van der Waals surface area contributed by atoms with Crippen molar-refractivity contribution in [2.75, 3.05) is 26.7 Å². The number of hydrogen-bond donors (Lipinski definition) is 0. The highest BCUT2D eigenvalue weighted by atomic mass is 16.2. The van der Waals surface area contributed by atoms with E-state index >= 15 is 0 Å². The Hall–Kier alpha value is -1.10. The highest BCUT2D eigenvalue weighted by Gasteiger charge is 2.59. The number of piperidine rings is 1. The monoisotopic (exact) mass is 319 g/mol. The van der Waals surface area contributed by atoms with Gasteiger partial charge in [0, 0.05) is 43.1 Å². The Bertz CT molecular complexity index is 522. The van der Waals surface area contributed by atoms with Gasteiger partial charge in [-0.05, 0) is 32.7 Å². The third-order valence-electron chi connectivity index (χ3n) is 6.95. The predicted molar refractivity (Wildman–Crippen MR) is 87.8 cm³/mol. The van der Waals surface area contributed by atoms with Crippen molar-refractivity contribution in [3.05, 3.63) is 0 Å². The van der Waals surface area contributed by atoms with Crippen LogP contribution in [0, 0.1) is 5.41 Å². The predicted octanol–water partition coefficient (Wildman–Crippen LogP) is 1.47. The van der Waals surface area contributed by atoms with Crippen LogP contribution in [-0.2, 0) is 9.59 Å². The molecule has 4 rings (SSSR count). The fourth-order valence-corrected chi connectivity index (χ4v) is 5.98. The minimum absolute atomic E-state index is 0.155. The van der Waals surface area contributed by atoms with Crippen molar-refractivity contribution >= 4 is 11.8 Å². The molecule has 0 N–H and O–H groups in total. The van der Waals surface area contributed by atoms with Gasteiger partial charge in [0.15, 0.2) is 0 Å². The normalized spacial score (nSPS) is 40.6. The third-order valence-corrected chi connectivity index (χ3v) is 6.95. The number of hydrogen-bond acceptors (Lipinski definition) is 3. The molecule has 4 atom stereocenters. The van der Waals surface area contributed by atoms with Crippen molar-refractivity contribution < 1.29 is 9.59 Å². The summed E-state index contributed by atoms with van der Waals surface area (Å²) in [5.74, 6) is 0.345. The lowest BCUT2D eigenvalue weighted by Gasteiger charge is -2.44. The van der Waals surface area contributed by atoms with E-state index in [9.17, 15) is 9.59 Å². The van der Waals surface area contributed by atoms with E-state index in [0.29, 0.717) is 31.1 Å². The van der Waals surface area contributed by atoms with Crippen LogP contribution < -0.4 is 0 Å². The first-order chi connectivity index (χ1) is 11.0. The number of likely N-dealkylation sites (tertiary alicyclic amines) is 3. The minimum atomic E-state index is 0.155. The molecule has 0 unspecified atom stereocenters. The molecule has 1 saturated carbocycles. The highest BCUT2D eigenvalue weighted by Crippen LogP contribution is 2.52. The first kappa shape index (κ1) is 15.4. The number of nitrogens with zero attached hydrogens (tertiary/aromatic N) is 3. The van der Waals surface area contributed by atoms with Crippen molar-refractivity contribution in [1.29, 1.82) is 0 Å². The van der Waals surface area contributed by atoms with Crippen LogP contribution in [0.1, 0.15) is 51.9 Å². The van der Waals surface area contributed by atoms with Gasteiger partial charge < -0.3 is 14.7 Å². The minimum Gasteiger partial charge on any atom is -0.333 e. The maximum Gasteiger partial charge on any atom is 0.242 e. The molecular weight excluding hydrogens is 290 g/mol. The second-order valence-corrected chi connectivity index (χ2v) is 8.34. The van der Waals surface area contributed by atoms with Gasteiger partial charge in [0.05, 0.1) is 6.54 Å². The Morgan fingerprint density at radius 3 is 2.65 bits per heavy atom. The van der Waals surface area contributed by atoms with Crippen LogP contribution in [0.2, 0.25) is 0 Å². The van der Waals surface area contributed by atoms with Gasteiger partial charge in [-0.3, -0.25) is 9.59 Å². The summed E-state index contributed by atoms with van der Waals surface area (Å²) in [5.41, 5.74) is 0.235. The molecule has 0 spiro atoms. The maximum absolute atomic E-state index is 13.1. The molecule has 23 heavy (non-hydrogen) atoms. The quantitative estimate of drug-likeness (QED) is 0.774. The molecule has 0 aromatic heterocycles. The van der Waals surface area contributed by atoms with Gasteiger partial charge in [0.25, 0.3) is 0 Å². The lowest BCUT2D eigenvalue weighted by Crippen LogP contribution is -2.51. The summed E-state index contributed by atoms with van der Waals surface area (Å²) < 4.78 is 0. The Balaban J connectivity index is 1.58. The lowest BCUT2D eigenvalue weighted by atomic mass is 9.71. The fraction of sp³-hybridized carbons (Fsp3) is 0.889. The van der Waals surface area contributed by atoms with Crippen LogP contribution in [-0.4, -0.2) is 71.3 Å². The first-order valence-corrected chi connectivity index (χ1v) is 9.30. The van der Waals surface area contributed by atoms with Crippen molar-refractivity contribution in [3.8, 4) is 0 Å². The average Bonchev–Trinajstić information content (AvgIpc) is 2.93. The fourth-order valence-electron chi connectivity index (χ4n) is 5.98. The number of likely N-dealkylation sites (N-methyl/N-ethyl adjacent to an activating group) is 1. The molecule has 4 fully saturated rings. The van der Waals surface area contributed by atoms with E-state index in [4.69, 9.17) is 0 Å². The molecule has 0 aromatic carbocycles. The van der Waals surface area contributed by atoms with Crippen LogP contribution in [0.15, 0.2) is 0 Å². The Morgan fingerprint density at radius 2 is 1.96 bits per heavy atom. The van der Waals surface area contributed by atoms with Gasteiger partial charge in [0.1, 0.15) is 0 Å². The van der Waals surface area contributed by atoms with Crippen LogP contribution in [0.4, 0.5) is 0 Å². The molecule has 4 aliphatic rings. The summed E-state index contributed by atoms with van der Waals surface area (Å²) in [6.45, 7) is 4.46. The summed E-state index contributed by atoms with van der Waals surface area (Å²) in [6.07, 6.45) is 7.57. The van der Waals surface area contributed by atoms with E-state index in [2.05, 4.69) is 23.8 Å². The highest BCUT2D eigenvalue weighted by molar-refractivity contribution is 5.86. The summed E-state index contributed by atoms with van der Waals surface area (Å²) in [4.78, 5) is 31.4. The molecule has 1 aliphatic carbocycles. The molecule has 2 bridgehead atoms. The Labute approximate surface area is 139 Å². The van der Waals surface area contributed by atoms with E-state index in [-0.39, 0.29) is 17.2 Å². The van der Waals surface area contributed by atoms with Crippen LogP contribution in [0.5, 0.6) is 0 Å². The van der Waals surface area contributed by atoms with Gasteiger partial charge in [-0.25, -0.2) is 0 Å². The molecule has 0 radical (unpaired) electrons. The van der Waals surface area contributed by atoms with Crippen LogP contribution in [0.25, 0.3) is 0 Å². The van der Waals surface area contributed by atoms with E-state index < -0.39 is 0 Å². The summed E-state index contributed by atoms with van der Waals surface area (Å²) >= 11 is 0. The van der Waals surface area contributed by atoms with Gasteiger partial charge >= 0.3 is 0 Å². The zero-order valence-corrected chi connectivity index (χ0v) is 14.5. The largest absolute Gasteiger partial charge is 0.333 e. The van der Waals surface area contributed by atoms with Gasteiger partial charge in [-0.2, -0.15) is 0 Å². The molecule has 5 nitrogen and oxygen atoms in total. The molecule has 3 aliphatic heterocycles. The third kappa shape index (κ3) is 2.31. The average molecular weight is 319 g/mol. The Kier molecular flexibility index (Phi) is 3.67. The van der Waals surface area contributed by atoms with E-state index in [1.807, 2.05) is 0 Å². The van der Waals surface area contributed by atoms with Gasteiger partial charge in [-0.15, -0.1) is 0 Å². The zero-order chi connectivity index (χ0) is 16.2. The number of amides is 2. The van der Waals surface area contributed by atoms with Crippen molar-refractivity contribution in [2.24, 2.45) is 5.41 Å². The van der Waals surface area contributed by atoms with E-state index in [1.165, 1.54) is 19.3 Å². The summed E-state index contributed by atoms with van der Waals surface area (Å²) in [7, 11) is 2.23. The SMILES string of the molecule is CN1C[C@@H]2C[C@@]3(C)[C@H](CCCC[C@@H]13)N2C(=O)CN1CCCC1=O.